The first-order valence-corrected chi connectivity index (χ1v) is 6.09. The highest BCUT2D eigenvalue weighted by atomic mass is 35.5. The van der Waals surface area contributed by atoms with E-state index in [2.05, 4.69) is 10.1 Å². The van der Waals surface area contributed by atoms with Crippen LogP contribution in [-0.2, 0) is 0 Å². The molecule has 1 unspecified atom stereocenters. The van der Waals surface area contributed by atoms with Crippen molar-refractivity contribution in [2.24, 2.45) is 11.0 Å². The quantitative estimate of drug-likeness (QED) is 0.800. The number of halogens is 4. The van der Waals surface area contributed by atoms with Crippen molar-refractivity contribution < 1.29 is 18.0 Å². The van der Waals surface area contributed by atoms with Gasteiger partial charge in [0, 0.05) is 18.0 Å². The van der Waals surface area contributed by atoms with Crippen LogP contribution in [0.2, 0.25) is 0 Å². The molecule has 108 valence electrons. The minimum absolute atomic E-state index is 0.198. The lowest BCUT2D eigenvalue weighted by atomic mass is 9.88. The number of pyridine rings is 1. The molecule has 0 aliphatic carbocycles. The Bertz CT molecular complexity index is 557. The number of carbonyl (C=O) groups is 1. The Morgan fingerprint density at radius 1 is 1.35 bits per heavy atom. The second-order valence-corrected chi connectivity index (χ2v) is 5.29. The lowest BCUT2D eigenvalue weighted by Crippen LogP contribution is -2.51. The summed E-state index contributed by atoms with van der Waals surface area (Å²) in [5.41, 5.74) is -1.39. The molecule has 0 bridgehead atoms. The van der Waals surface area contributed by atoms with Gasteiger partial charge in [0.2, 0.25) is 0 Å². The molecule has 0 spiro atoms. The van der Waals surface area contributed by atoms with E-state index >= 15 is 0 Å². The number of hydrazone groups is 1. The fraction of sp³-hybridized carbons (Fsp3) is 0.417. The van der Waals surface area contributed by atoms with Gasteiger partial charge >= 0.3 is 6.18 Å². The van der Waals surface area contributed by atoms with Crippen molar-refractivity contribution >= 4 is 22.7 Å². The highest BCUT2D eigenvalue weighted by Gasteiger charge is 2.59. The molecule has 0 saturated heterocycles. The number of amides is 1. The van der Waals surface area contributed by atoms with Crippen LogP contribution in [0.4, 0.5) is 13.2 Å². The summed E-state index contributed by atoms with van der Waals surface area (Å²) in [6.45, 7) is 2.56. The SMILES string of the molecule is CC1(C)C(C(F)(F)F)C(Cl)=NN1C(=O)c1ccncc1. The largest absolute Gasteiger partial charge is 0.400 e. The van der Waals surface area contributed by atoms with Crippen LogP contribution in [-0.4, -0.2) is 32.8 Å². The van der Waals surface area contributed by atoms with Crippen molar-refractivity contribution in [3.05, 3.63) is 30.1 Å². The molecule has 0 saturated carbocycles. The Balaban J connectivity index is 2.38. The van der Waals surface area contributed by atoms with Gasteiger partial charge in [-0.15, -0.1) is 0 Å². The summed E-state index contributed by atoms with van der Waals surface area (Å²) in [5, 5.41) is 3.74. The molecule has 8 heteroatoms. The summed E-state index contributed by atoms with van der Waals surface area (Å²) in [5.74, 6) is -2.65. The Morgan fingerprint density at radius 2 is 1.90 bits per heavy atom. The maximum absolute atomic E-state index is 13.0. The third kappa shape index (κ3) is 2.37. The second-order valence-electron chi connectivity index (χ2n) is 4.90. The minimum atomic E-state index is -4.57. The van der Waals surface area contributed by atoms with E-state index in [-0.39, 0.29) is 5.56 Å². The number of nitrogens with zero attached hydrogens (tertiary/aromatic N) is 3. The fourth-order valence-electron chi connectivity index (χ4n) is 2.16. The average Bonchev–Trinajstić information content (AvgIpc) is 2.58. The maximum Gasteiger partial charge on any atom is 0.400 e. The number of rotatable bonds is 1. The van der Waals surface area contributed by atoms with Crippen molar-refractivity contribution in [1.29, 1.82) is 0 Å². The third-order valence-electron chi connectivity index (χ3n) is 3.13. The van der Waals surface area contributed by atoms with Crippen LogP contribution in [0.5, 0.6) is 0 Å². The maximum atomic E-state index is 13.0. The van der Waals surface area contributed by atoms with Crippen LogP contribution in [0.25, 0.3) is 0 Å². The van der Waals surface area contributed by atoms with E-state index in [4.69, 9.17) is 11.6 Å². The summed E-state index contributed by atoms with van der Waals surface area (Å²) >= 11 is 5.60. The normalized spacial score (nSPS) is 21.8. The van der Waals surface area contributed by atoms with E-state index in [9.17, 15) is 18.0 Å². The number of carbonyl (C=O) groups excluding carboxylic acids is 1. The van der Waals surface area contributed by atoms with Gasteiger partial charge in [0.1, 0.15) is 11.1 Å². The third-order valence-corrected chi connectivity index (χ3v) is 3.43. The second kappa shape index (κ2) is 4.73. The summed E-state index contributed by atoms with van der Waals surface area (Å²) in [4.78, 5) is 16.0. The van der Waals surface area contributed by atoms with E-state index in [0.29, 0.717) is 0 Å². The van der Waals surface area contributed by atoms with Crippen LogP contribution in [0, 0.1) is 5.92 Å². The molecule has 0 fully saturated rings. The predicted octanol–water partition coefficient (Wildman–Crippen LogP) is 3.05. The standard InChI is InChI=1S/C12H11ClF3N3O/c1-11(2)8(12(14,15)16)9(13)18-19(11)10(20)7-3-5-17-6-4-7/h3-6,8H,1-2H3. The Hall–Kier alpha value is -1.63. The van der Waals surface area contributed by atoms with Gasteiger partial charge in [-0.3, -0.25) is 9.78 Å². The number of alkyl halides is 3. The van der Waals surface area contributed by atoms with Crippen molar-refractivity contribution in [2.75, 3.05) is 0 Å². The van der Waals surface area contributed by atoms with Crippen molar-refractivity contribution in [3.8, 4) is 0 Å². The molecule has 2 rings (SSSR count). The van der Waals surface area contributed by atoms with Crippen LogP contribution in [0.1, 0.15) is 24.2 Å². The van der Waals surface area contributed by atoms with E-state index in [1.165, 1.54) is 38.4 Å². The van der Waals surface area contributed by atoms with E-state index in [0.717, 1.165) is 5.01 Å². The number of aromatic nitrogens is 1. The van der Waals surface area contributed by atoms with Gasteiger partial charge in [0.25, 0.3) is 5.91 Å². The molecule has 1 amide bonds. The Labute approximate surface area is 118 Å². The lowest BCUT2D eigenvalue weighted by molar-refractivity contribution is -0.174. The molecular formula is C12H11ClF3N3O. The van der Waals surface area contributed by atoms with Crippen molar-refractivity contribution in [2.45, 2.75) is 25.6 Å². The zero-order valence-electron chi connectivity index (χ0n) is 10.6. The highest BCUT2D eigenvalue weighted by Crippen LogP contribution is 2.44. The molecule has 0 N–H and O–H groups in total. The molecular weight excluding hydrogens is 295 g/mol. The topological polar surface area (TPSA) is 45.6 Å². The molecule has 1 atom stereocenters. The fourth-order valence-corrected chi connectivity index (χ4v) is 2.62. The number of hydrogen-bond acceptors (Lipinski definition) is 3. The van der Waals surface area contributed by atoms with Gasteiger partial charge in [-0.1, -0.05) is 11.6 Å². The van der Waals surface area contributed by atoms with Gasteiger partial charge in [-0.2, -0.15) is 18.3 Å². The van der Waals surface area contributed by atoms with Crippen LogP contribution in [0.3, 0.4) is 0 Å². The zero-order valence-corrected chi connectivity index (χ0v) is 11.4. The van der Waals surface area contributed by atoms with Gasteiger partial charge in [-0.05, 0) is 26.0 Å². The molecule has 1 aromatic rings. The van der Waals surface area contributed by atoms with Gasteiger partial charge in [0.15, 0.2) is 0 Å². The minimum Gasteiger partial charge on any atom is -0.267 e. The van der Waals surface area contributed by atoms with E-state index in [1.807, 2.05) is 0 Å². The molecule has 2 heterocycles. The summed E-state index contributed by atoms with van der Waals surface area (Å²) in [7, 11) is 0. The molecule has 1 aliphatic heterocycles. The molecule has 0 aromatic carbocycles. The lowest BCUT2D eigenvalue weighted by Gasteiger charge is -2.34. The first-order chi connectivity index (χ1) is 9.15. The first-order valence-electron chi connectivity index (χ1n) is 5.71. The number of hydrogen-bond donors (Lipinski definition) is 0. The highest BCUT2D eigenvalue weighted by molar-refractivity contribution is 6.66. The van der Waals surface area contributed by atoms with Crippen molar-refractivity contribution in [3.63, 3.8) is 0 Å². The first kappa shape index (κ1) is 14.8. The molecule has 1 aliphatic rings. The van der Waals surface area contributed by atoms with Crippen molar-refractivity contribution in [1.82, 2.24) is 9.99 Å². The summed E-state index contributed by atoms with van der Waals surface area (Å²) < 4.78 is 39.1. The monoisotopic (exact) mass is 305 g/mol. The van der Waals surface area contributed by atoms with Crippen LogP contribution >= 0.6 is 11.6 Å². The molecule has 4 nitrogen and oxygen atoms in total. The Morgan fingerprint density at radius 3 is 2.35 bits per heavy atom. The smallest absolute Gasteiger partial charge is 0.267 e. The average molecular weight is 306 g/mol. The van der Waals surface area contributed by atoms with E-state index < -0.39 is 28.7 Å². The molecule has 1 aromatic heterocycles. The summed E-state index contributed by atoms with van der Waals surface area (Å²) in [6, 6.07) is 2.81. The van der Waals surface area contributed by atoms with Crippen LogP contribution < -0.4 is 0 Å². The molecule has 20 heavy (non-hydrogen) atoms. The van der Waals surface area contributed by atoms with Gasteiger partial charge in [0.05, 0.1) is 5.54 Å². The van der Waals surface area contributed by atoms with E-state index in [1.54, 1.807) is 0 Å². The van der Waals surface area contributed by atoms with Gasteiger partial charge in [-0.25, -0.2) is 5.01 Å². The molecule has 0 radical (unpaired) electrons. The zero-order chi connectivity index (χ0) is 15.1. The van der Waals surface area contributed by atoms with Gasteiger partial charge < -0.3 is 0 Å². The predicted molar refractivity (Wildman–Crippen MR) is 67.3 cm³/mol. The van der Waals surface area contributed by atoms with Crippen LogP contribution in [0.15, 0.2) is 29.6 Å². The Kier molecular flexibility index (Phi) is 3.49. The summed E-state index contributed by atoms with van der Waals surface area (Å²) in [6.07, 6.45) is -1.82.